The van der Waals surface area contributed by atoms with E-state index in [4.69, 9.17) is 4.74 Å². The van der Waals surface area contributed by atoms with Gasteiger partial charge in [-0.1, -0.05) is 37.8 Å². The molecule has 4 aromatic rings. The Morgan fingerprint density at radius 1 is 1.13 bits per heavy atom. The summed E-state index contributed by atoms with van der Waals surface area (Å²) >= 11 is 0. The summed E-state index contributed by atoms with van der Waals surface area (Å²) in [5, 5.41) is 15.1. The molecule has 0 N–H and O–H groups in total. The van der Waals surface area contributed by atoms with E-state index in [0.29, 0.717) is 6.73 Å². The van der Waals surface area contributed by atoms with E-state index in [2.05, 4.69) is 35.8 Å². The summed E-state index contributed by atoms with van der Waals surface area (Å²) in [5.74, 6) is 0. The number of ether oxygens (including phenoxy) is 1. The summed E-state index contributed by atoms with van der Waals surface area (Å²) in [7, 11) is -4.78. The predicted octanol–water partition coefficient (Wildman–Crippen LogP) is 4.53. The van der Waals surface area contributed by atoms with Crippen LogP contribution in [0.2, 0.25) is 25.7 Å². The van der Waals surface area contributed by atoms with Crippen molar-refractivity contribution in [3.8, 4) is 17.2 Å². The van der Waals surface area contributed by atoms with Crippen molar-refractivity contribution in [2.45, 2.75) is 49.3 Å². The molecule has 0 atom stereocenters. The van der Waals surface area contributed by atoms with Gasteiger partial charge in [0.05, 0.1) is 23.6 Å². The highest BCUT2D eigenvalue weighted by Crippen LogP contribution is 2.37. The maximum atomic E-state index is 13.1. The van der Waals surface area contributed by atoms with Crippen molar-refractivity contribution in [3.05, 3.63) is 67.3 Å². The second-order valence-corrected chi connectivity index (χ2v) is 18.6. The molecular formula is C27H32N6O3SSi. The van der Waals surface area contributed by atoms with Crippen LogP contribution in [0.5, 0.6) is 0 Å². The Morgan fingerprint density at radius 3 is 2.61 bits per heavy atom. The number of nitriles is 1. The fourth-order valence-corrected chi connectivity index (χ4v) is 7.09. The molecule has 9 nitrogen and oxygen atoms in total. The number of nitrogens with zero attached hydrogens (tertiary/aromatic N) is 6. The number of fused-ring (bicyclic) bond motifs is 1. The highest BCUT2D eigenvalue weighted by Gasteiger charge is 2.50. The number of pyridine rings is 1. The molecule has 1 saturated heterocycles. The van der Waals surface area contributed by atoms with E-state index >= 15 is 0 Å². The van der Waals surface area contributed by atoms with Crippen LogP contribution in [0.3, 0.4) is 0 Å². The van der Waals surface area contributed by atoms with E-state index in [1.807, 2.05) is 29.1 Å². The Labute approximate surface area is 224 Å². The van der Waals surface area contributed by atoms with E-state index in [1.165, 1.54) is 4.31 Å². The SMILES string of the molecule is C[Si](C)(C)CCOCn1ccc2c(-c3cnn(C4(CC#N)CN(S(=O)(=O)c5ccccc5)C4)c3)ccnc21. The topological polar surface area (TPSA) is 106 Å². The largest absolute Gasteiger partial charge is 0.361 e. The first kappa shape index (κ1) is 26.3. The molecule has 1 aromatic carbocycles. The van der Waals surface area contributed by atoms with Crippen molar-refractivity contribution in [1.29, 1.82) is 5.26 Å². The average Bonchev–Trinajstić information content (AvgIpc) is 3.51. The second kappa shape index (κ2) is 10.1. The molecule has 0 amide bonds. The molecule has 1 fully saturated rings. The van der Waals surface area contributed by atoms with Gasteiger partial charge < -0.3 is 9.30 Å². The summed E-state index contributed by atoms with van der Waals surface area (Å²) in [6.07, 6.45) is 7.59. The van der Waals surface area contributed by atoms with Crippen LogP contribution in [0.4, 0.5) is 0 Å². The first-order valence-corrected chi connectivity index (χ1v) is 17.8. The van der Waals surface area contributed by atoms with Gasteiger partial charge in [0.2, 0.25) is 10.0 Å². The molecule has 11 heteroatoms. The quantitative estimate of drug-likeness (QED) is 0.213. The number of sulfonamides is 1. The lowest BCUT2D eigenvalue weighted by molar-refractivity contribution is 0.0717. The zero-order chi connectivity index (χ0) is 27.0. The van der Waals surface area contributed by atoms with Crippen LogP contribution in [0.1, 0.15) is 6.42 Å². The lowest BCUT2D eigenvalue weighted by atomic mass is 9.89. The maximum absolute atomic E-state index is 13.1. The Bertz CT molecular complexity index is 1580. The molecule has 0 unspecified atom stereocenters. The zero-order valence-electron chi connectivity index (χ0n) is 21.9. The molecule has 4 heterocycles. The van der Waals surface area contributed by atoms with Gasteiger partial charge in [0.25, 0.3) is 0 Å². The van der Waals surface area contributed by atoms with Crippen LogP contribution in [0.25, 0.3) is 22.2 Å². The summed E-state index contributed by atoms with van der Waals surface area (Å²) in [6, 6.07) is 15.7. The lowest BCUT2D eigenvalue weighted by Gasteiger charge is -2.47. The summed E-state index contributed by atoms with van der Waals surface area (Å²) in [4.78, 5) is 4.83. The van der Waals surface area contributed by atoms with Crippen molar-refractivity contribution in [2.24, 2.45) is 0 Å². The van der Waals surface area contributed by atoms with Crippen molar-refractivity contribution in [1.82, 2.24) is 23.6 Å². The minimum Gasteiger partial charge on any atom is -0.361 e. The van der Waals surface area contributed by atoms with Gasteiger partial charge in [-0.2, -0.15) is 14.7 Å². The lowest BCUT2D eigenvalue weighted by Crippen LogP contribution is -2.64. The summed E-state index contributed by atoms with van der Waals surface area (Å²) in [6.45, 7) is 8.56. The molecule has 1 aliphatic heterocycles. The average molecular weight is 549 g/mol. The zero-order valence-corrected chi connectivity index (χ0v) is 23.7. The van der Waals surface area contributed by atoms with E-state index in [9.17, 15) is 13.7 Å². The first-order chi connectivity index (χ1) is 18.1. The fraction of sp³-hybridized carbons (Fsp3) is 0.370. The van der Waals surface area contributed by atoms with Gasteiger partial charge in [0, 0.05) is 57.3 Å². The molecule has 0 bridgehead atoms. The minimum absolute atomic E-state index is 0.159. The summed E-state index contributed by atoms with van der Waals surface area (Å²) < 4.78 is 37.2. The van der Waals surface area contributed by atoms with Crippen LogP contribution >= 0.6 is 0 Å². The number of rotatable bonds is 10. The normalized spacial score (nSPS) is 15.8. The summed E-state index contributed by atoms with van der Waals surface area (Å²) in [5.41, 5.74) is 1.98. The highest BCUT2D eigenvalue weighted by molar-refractivity contribution is 7.89. The molecule has 0 aliphatic carbocycles. The van der Waals surface area contributed by atoms with Crippen molar-refractivity contribution in [2.75, 3.05) is 19.7 Å². The van der Waals surface area contributed by atoms with E-state index in [1.54, 1.807) is 47.4 Å². The van der Waals surface area contributed by atoms with E-state index in [0.717, 1.165) is 34.8 Å². The smallest absolute Gasteiger partial charge is 0.243 e. The first-order valence-electron chi connectivity index (χ1n) is 12.6. The molecule has 1 aliphatic rings. The fourth-order valence-electron chi connectivity index (χ4n) is 4.72. The third kappa shape index (κ3) is 5.04. The van der Waals surface area contributed by atoms with Crippen LogP contribution in [0, 0.1) is 11.3 Å². The number of aromatic nitrogens is 4. The number of benzene rings is 1. The van der Waals surface area contributed by atoms with Crippen LogP contribution in [-0.4, -0.2) is 59.8 Å². The Kier molecular flexibility index (Phi) is 7.00. The van der Waals surface area contributed by atoms with Gasteiger partial charge >= 0.3 is 0 Å². The van der Waals surface area contributed by atoms with Gasteiger partial charge in [-0.25, -0.2) is 13.4 Å². The van der Waals surface area contributed by atoms with Gasteiger partial charge in [-0.05, 0) is 35.9 Å². The van der Waals surface area contributed by atoms with E-state index in [-0.39, 0.29) is 24.4 Å². The Morgan fingerprint density at radius 2 is 1.89 bits per heavy atom. The standard InChI is InChI=1S/C27H32N6O3SSi/c1-38(2,3)16-15-36-21-31-14-10-25-24(9-13-29-26(25)31)22-17-30-33(18-22)27(11-12-28)19-32(20-27)37(34,35)23-7-5-4-6-8-23/h4-10,13-14,17-18H,11,15-16,19-21H2,1-3H3. The minimum atomic E-state index is -3.63. The molecule has 0 saturated carbocycles. The van der Waals surface area contributed by atoms with Crippen LogP contribution in [-0.2, 0) is 27.0 Å². The molecule has 3 aromatic heterocycles. The maximum Gasteiger partial charge on any atom is 0.243 e. The third-order valence-electron chi connectivity index (χ3n) is 7.00. The molecule has 38 heavy (non-hydrogen) atoms. The molecular weight excluding hydrogens is 516 g/mol. The third-order valence-corrected chi connectivity index (χ3v) is 10.5. The van der Waals surface area contributed by atoms with Crippen LogP contribution in [0.15, 0.2) is 72.1 Å². The second-order valence-electron chi connectivity index (χ2n) is 11.0. The van der Waals surface area contributed by atoms with Crippen molar-refractivity contribution in [3.63, 3.8) is 0 Å². The number of hydrogen-bond donors (Lipinski definition) is 0. The van der Waals surface area contributed by atoms with E-state index < -0.39 is 23.6 Å². The van der Waals surface area contributed by atoms with Gasteiger partial charge in [-0.15, -0.1) is 0 Å². The van der Waals surface area contributed by atoms with Crippen molar-refractivity contribution < 1.29 is 13.2 Å². The monoisotopic (exact) mass is 548 g/mol. The van der Waals surface area contributed by atoms with Gasteiger partial charge in [-0.3, -0.25) is 4.68 Å². The highest BCUT2D eigenvalue weighted by atomic mass is 32.2. The predicted molar refractivity (Wildman–Crippen MR) is 148 cm³/mol. The van der Waals surface area contributed by atoms with Crippen molar-refractivity contribution >= 4 is 29.1 Å². The van der Waals surface area contributed by atoms with Crippen LogP contribution < -0.4 is 0 Å². The van der Waals surface area contributed by atoms with Gasteiger partial charge in [0.15, 0.2) is 0 Å². The molecule has 0 spiro atoms. The van der Waals surface area contributed by atoms with Gasteiger partial charge in [0.1, 0.15) is 17.9 Å². The molecule has 5 rings (SSSR count). The molecule has 198 valence electrons. The Balaban J connectivity index is 1.36. The molecule has 0 radical (unpaired) electrons. The Hall–Kier alpha value is -3.30. The number of hydrogen-bond acceptors (Lipinski definition) is 6.